The monoisotopic (exact) mass is 413 g/mol. The zero-order valence-electron chi connectivity index (χ0n) is 13.8. The third-order valence-electron chi connectivity index (χ3n) is 3.50. The van der Waals surface area contributed by atoms with E-state index < -0.39 is 0 Å². The number of halogens is 1. The SMILES string of the molecule is O=C(Nc1cccc(Br)c1)c1ccc(=O)n(CCOc2ccccc2)n1. The van der Waals surface area contributed by atoms with Gasteiger partial charge in [0.05, 0.1) is 6.54 Å². The molecule has 0 radical (unpaired) electrons. The Labute approximate surface area is 158 Å². The standard InChI is InChI=1S/C19H16BrN3O3/c20-14-5-4-6-15(13-14)21-19(25)17-9-10-18(24)23(22-17)11-12-26-16-7-2-1-3-8-16/h1-10,13H,11-12H2,(H,21,25). The first kappa shape index (κ1) is 17.9. The van der Waals surface area contributed by atoms with Gasteiger partial charge in [-0.1, -0.05) is 40.2 Å². The van der Waals surface area contributed by atoms with Crippen LogP contribution >= 0.6 is 15.9 Å². The van der Waals surface area contributed by atoms with Crippen LogP contribution < -0.4 is 15.6 Å². The van der Waals surface area contributed by atoms with Crippen LogP contribution in [0.1, 0.15) is 10.5 Å². The number of carbonyl (C=O) groups excluding carboxylic acids is 1. The molecule has 0 aliphatic heterocycles. The molecule has 1 heterocycles. The highest BCUT2D eigenvalue weighted by atomic mass is 79.9. The van der Waals surface area contributed by atoms with Gasteiger partial charge in [-0.2, -0.15) is 5.10 Å². The fraction of sp³-hybridized carbons (Fsp3) is 0.105. The smallest absolute Gasteiger partial charge is 0.276 e. The molecule has 1 amide bonds. The van der Waals surface area contributed by atoms with E-state index in [2.05, 4.69) is 26.3 Å². The van der Waals surface area contributed by atoms with E-state index in [4.69, 9.17) is 4.74 Å². The van der Waals surface area contributed by atoms with E-state index in [9.17, 15) is 9.59 Å². The predicted molar refractivity (Wildman–Crippen MR) is 103 cm³/mol. The summed E-state index contributed by atoms with van der Waals surface area (Å²) in [5.41, 5.74) is 0.501. The molecule has 2 aromatic carbocycles. The van der Waals surface area contributed by atoms with Crippen LogP contribution in [0.15, 0.2) is 76.0 Å². The normalized spacial score (nSPS) is 10.3. The van der Waals surface area contributed by atoms with Gasteiger partial charge in [-0.3, -0.25) is 9.59 Å². The van der Waals surface area contributed by atoms with Crippen molar-refractivity contribution in [3.63, 3.8) is 0 Å². The lowest BCUT2D eigenvalue weighted by Crippen LogP contribution is -2.28. The van der Waals surface area contributed by atoms with Crippen LogP contribution in [-0.4, -0.2) is 22.3 Å². The number of carbonyl (C=O) groups is 1. The number of benzene rings is 2. The molecule has 0 atom stereocenters. The summed E-state index contributed by atoms with van der Waals surface area (Å²) in [7, 11) is 0. The molecule has 0 spiro atoms. The molecule has 0 aliphatic rings. The molecule has 0 saturated heterocycles. The van der Waals surface area contributed by atoms with Gasteiger partial charge in [0.15, 0.2) is 0 Å². The average Bonchev–Trinajstić information content (AvgIpc) is 2.64. The number of anilines is 1. The Hall–Kier alpha value is -2.93. The molecule has 0 fully saturated rings. The van der Waals surface area contributed by atoms with Gasteiger partial charge < -0.3 is 10.1 Å². The number of amides is 1. The van der Waals surface area contributed by atoms with E-state index >= 15 is 0 Å². The van der Waals surface area contributed by atoms with Gasteiger partial charge in [-0.15, -0.1) is 0 Å². The van der Waals surface area contributed by atoms with Crippen molar-refractivity contribution >= 4 is 27.5 Å². The van der Waals surface area contributed by atoms with Crippen LogP contribution in [0, 0.1) is 0 Å². The molecule has 0 bridgehead atoms. The molecule has 26 heavy (non-hydrogen) atoms. The van der Waals surface area contributed by atoms with E-state index in [1.807, 2.05) is 42.5 Å². The maximum Gasteiger partial charge on any atom is 0.276 e. The molecular weight excluding hydrogens is 398 g/mol. The number of rotatable bonds is 6. The second-order valence-electron chi connectivity index (χ2n) is 5.41. The summed E-state index contributed by atoms with van der Waals surface area (Å²) >= 11 is 3.35. The van der Waals surface area contributed by atoms with E-state index in [1.54, 1.807) is 12.1 Å². The number of nitrogens with one attached hydrogen (secondary N) is 1. The van der Waals surface area contributed by atoms with Crippen molar-refractivity contribution < 1.29 is 9.53 Å². The molecular formula is C19H16BrN3O3. The van der Waals surface area contributed by atoms with Gasteiger partial charge in [0.1, 0.15) is 18.1 Å². The second-order valence-corrected chi connectivity index (χ2v) is 6.32. The number of para-hydroxylation sites is 1. The highest BCUT2D eigenvalue weighted by molar-refractivity contribution is 9.10. The predicted octanol–water partition coefficient (Wildman–Crippen LogP) is 3.34. The van der Waals surface area contributed by atoms with Gasteiger partial charge in [0.25, 0.3) is 11.5 Å². The first-order chi connectivity index (χ1) is 12.6. The Morgan fingerprint density at radius 2 is 1.88 bits per heavy atom. The summed E-state index contributed by atoms with van der Waals surface area (Å²) < 4.78 is 7.64. The van der Waals surface area contributed by atoms with E-state index in [0.29, 0.717) is 11.4 Å². The number of aromatic nitrogens is 2. The topological polar surface area (TPSA) is 73.2 Å². The molecule has 0 unspecified atom stereocenters. The van der Waals surface area contributed by atoms with Crippen LogP contribution in [0.4, 0.5) is 5.69 Å². The van der Waals surface area contributed by atoms with E-state index in [-0.39, 0.29) is 30.3 Å². The Morgan fingerprint density at radius 1 is 1.08 bits per heavy atom. The summed E-state index contributed by atoms with van der Waals surface area (Å²) in [6, 6.07) is 19.3. The van der Waals surface area contributed by atoms with Crippen molar-refractivity contribution in [3.05, 3.63) is 87.3 Å². The quantitative estimate of drug-likeness (QED) is 0.672. The summed E-state index contributed by atoms with van der Waals surface area (Å²) in [6.07, 6.45) is 0. The zero-order valence-corrected chi connectivity index (χ0v) is 15.3. The minimum absolute atomic E-state index is 0.157. The van der Waals surface area contributed by atoms with Gasteiger partial charge in [0, 0.05) is 16.2 Å². The van der Waals surface area contributed by atoms with Crippen molar-refractivity contribution in [2.24, 2.45) is 0 Å². The van der Waals surface area contributed by atoms with E-state index in [0.717, 1.165) is 4.47 Å². The Balaban J connectivity index is 1.66. The maximum atomic E-state index is 12.3. The van der Waals surface area contributed by atoms with Crippen LogP contribution in [0.5, 0.6) is 5.75 Å². The molecule has 1 aromatic heterocycles. The van der Waals surface area contributed by atoms with Crippen LogP contribution in [0.2, 0.25) is 0 Å². The van der Waals surface area contributed by atoms with Crippen LogP contribution in [0.25, 0.3) is 0 Å². The van der Waals surface area contributed by atoms with Crippen LogP contribution in [-0.2, 0) is 6.54 Å². The lowest BCUT2D eigenvalue weighted by Gasteiger charge is -2.09. The lowest BCUT2D eigenvalue weighted by molar-refractivity contribution is 0.101. The average molecular weight is 414 g/mol. The molecule has 3 rings (SSSR count). The van der Waals surface area contributed by atoms with Crippen molar-refractivity contribution in [1.82, 2.24) is 9.78 Å². The number of nitrogens with zero attached hydrogens (tertiary/aromatic N) is 2. The summed E-state index contributed by atoms with van der Waals surface area (Å²) in [4.78, 5) is 24.3. The molecule has 3 aromatic rings. The second kappa shape index (κ2) is 8.44. The molecule has 0 saturated carbocycles. The first-order valence-electron chi connectivity index (χ1n) is 7.95. The highest BCUT2D eigenvalue weighted by Gasteiger charge is 2.10. The molecule has 7 heteroatoms. The third kappa shape index (κ3) is 4.80. The van der Waals surface area contributed by atoms with Gasteiger partial charge in [-0.25, -0.2) is 4.68 Å². The Kier molecular flexibility index (Phi) is 5.80. The largest absolute Gasteiger partial charge is 0.492 e. The number of ether oxygens (including phenoxy) is 1. The van der Waals surface area contributed by atoms with Crippen LogP contribution in [0.3, 0.4) is 0 Å². The van der Waals surface area contributed by atoms with Gasteiger partial charge in [0.2, 0.25) is 0 Å². The molecule has 132 valence electrons. The van der Waals surface area contributed by atoms with Crippen molar-refractivity contribution in [1.29, 1.82) is 0 Å². The summed E-state index contributed by atoms with van der Waals surface area (Å²) in [5, 5.41) is 6.87. The minimum atomic E-state index is -0.388. The molecule has 1 N–H and O–H groups in total. The van der Waals surface area contributed by atoms with Gasteiger partial charge in [-0.05, 0) is 36.4 Å². The Bertz CT molecular complexity index is 957. The fourth-order valence-corrected chi connectivity index (χ4v) is 2.66. The van der Waals surface area contributed by atoms with E-state index in [1.165, 1.54) is 16.8 Å². The zero-order chi connectivity index (χ0) is 18.4. The highest BCUT2D eigenvalue weighted by Crippen LogP contribution is 2.16. The summed E-state index contributed by atoms with van der Waals surface area (Å²) in [5.74, 6) is 0.324. The lowest BCUT2D eigenvalue weighted by atomic mass is 10.3. The molecule has 6 nitrogen and oxygen atoms in total. The maximum absolute atomic E-state index is 12.3. The number of hydrogen-bond donors (Lipinski definition) is 1. The van der Waals surface area contributed by atoms with Crippen molar-refractivity contribution in [3.8, 4) is 5.75 Å². The fourth-order valence-electron chi connectivity index (χ4n) is 2.26. The van der Waals surface area contributed by atoms with Crippen molar-refractivity contribution in [2.45, 2.75) is 6.54 Å². The minimum Gasteiger partial charge on any atom is -0.492 e. The number of hydrogen-bond acceptors (Lipinski definition) is 4. The molecule has 0 aliphatic carbocycles. The Morgan fingerprint density at radius 3 is 2.65 bits per heavy atom. The summed E-state index contributed by atoms with van der Waals surface area (Å²) in [6.45, 7) is 0.513. The first-order valence-corrected chi connectivity index (χ1v) is 8.74. The third-order valence-corrected chi connectivity index (χ3v) is 3.99. The van der Waals surface area contributed by atoms with Crippen molar-refractivity contribution in [2.75, 3.05) is 11.9 Å². The van der Waals surface area contributed by atoms with Gasteiger partial charge >= 0.3 is 0 Å².